The van der Waals surface area contributed by atoms with E-state index in [1.54, 1.807) is 12.3 Å². The van der Waals surface area contributed by atoms with Crippen LogP contribution in [0.1, 0.15) is 36.0 Å². The molecule has 1 aromatic carbocycles. The predicted octanol–water partition coefficient (Wildman–Crippen LogP) is 3.74. The molecule has 1 aliphatic rings. The number of carbonyl (C=O) groups is 1. The Hall–Kier alpha value is -2.41. The maximum Gasteiger partial charge on any atom is 0.254 e. The molecule has 0 bridgehead atoms. The zero-order chi connectivity index (χ0) is 20.1. The minimum absolute atomic E-state index is 0.0132. The fraction of sp³-hybridized carbons (Fsp3) is 0.450. The van der Waals surface area contributed by atoms with E-state index in [0.29, 0.717) is 24.5 Å². The van der Waals surface area contributed by atoms with Crippen LogP contribution in [0.4, 0.5) is 16.2 Å². The first-order valence-corrected chi connectivity index (χ1v) is 9.81. The van der Waals surface area contributed by atoms with Crippen LogP contribution in [0.2, 0.25) is 5.02 Å². The van der Waals surface area contributed by atoms with E-state index in [2.05, 4.69) is 20.6 Å². The molecule has 8 heteroatoms. The molecule has 2 N–H and O–H groups in total. The molecule has 0 unspecified atom stereocenters. The zero-order valence-corrected chi connectivity index (χ0v) is 16.8. The monoisotopic (exact) mass is 405 g/mol. The van der Waals surface area contributed by atoms with Gasteiger partial charge >= 0.3 is 0 Å². The third-order valence-electron chi connectivity index (χ3n) is 5.03. The van der Waals surface area contributed by atoms with Crippen molar-refractivity contribution in [2.45, 2.75) is 31.7 Å². The van der Waals surface area contributed by atoms with Gasteiger partial charge in [0.25, 0.3) is 5.91 Å². The van der Waals surface area contributed by atoms with Crippen LogP contribution in [0.5, 0.6) is 0 Å². The van der Waals surface area contributed by atoms with Crippen LogP contribution in [0, 0.1) is 11.7 Å². The smallest absolute Gasteiger partial charge is 0.254 e. The normalized spacial score (nSPS) is 19.1. The molecule has 1 heterocycles. The summed E-state index contributed by atoms with van der Waals surface area (Å²) in [6.07, 6.45) is 5.65. The van der Waals surface area contributed by atoms with Gasteiger partial charge in [0, 0.05) is 32.9 Å². The zero-order valence-electron chi connectivity index (χ0n) is 16.1. The lowest BCUT2D eigenvalue weighted by Crippen LogP contribution is -2.34. The number of carbonyl (C=O) groups excluding carboxylic acids is 1. The van der Waals surface area contributed by atoms with Crippen LogP contribution in [0.3, 0.4) is 0 Å². The van der Waals surface area contributed by atoms with E-state index in [1.165, 1.54) is 12.1 Å². The van der Waals surface area contributed by atoms with Crippen molar-refractivity contribution in [1.82, 2.24) is 15.3 Å². The summed E-state index contributed by atoms with van der Waals surface area (Å²) in [7, 11) is 3.89. The standard InChI is InChI=1S/C20H25ClFN5O/c1-27(2)17-10-11-23-20(26-17)25-14-8-6-13(7-9-14)12-24-19(28)15-4-3-5-16(21)18(15)22/h3-5,10-11,13-14H,6-9,12H2,1-2H3,(H,24,28)(H,23,25,26). The van der Waals surface area contributed by atoms with Crippen LogP contribution >= 0.6 is 11.6 Å². The summed E-state index contributed by atoms with van der Waals surface area (Å²) < 4.78 is 13.9. The number of hydrogen-bond donors (Lipinski definition) is 2. The van der Waals surface area contributed by atoms with Gasteiger partial charge < -0.3 is 15.5 Å². The number of rotatable bonds is 6. The number of amides is 1. The lowest BCUT2D eigenvalue weighted by Gasteiger charge is -2.29. The third kappa shape index (κ3) is 5.10. The molecule has 6 nitrogen and oxygen atoms in total. The van der Waals surface area contributed by atoms with Crippen LogP contribution < -0.4 is 15.5 Å². The van der Waals surface area contributed by atoms with Crippen LogP contribution in [-0.2, 0) is 0 Å². The van der Waals surface area contributed by atoms with E-state index in [-0.39, 0.29) is 10.6 Å². The van der Waals surface area contributed by atoms with Crippen molar-refractivity contribution in [2.24, 2.45) is 5.92 Å². The Morgan fingerprint density at radius 1 is 1.25 bits per heavy atom. The molecule has 1 amide bonds. The number of aromatic nitrogens is 2. The topological polar surface area (TPSA) is 70.2 Å². The summed E-state index contributed by atoms with van der Waals surface area (Å²) in [5, 5.41) is 6.19. The van der Waals surface area contributed by atoms with Crippen molar-refractivity contribution >= 4 is 29.3 Å². The highest BCUT2D eigenvalue weighted by atomic mass is 35.5. The van der Waals surface area contributed by atoms with Crippen molar-refractivity contribution < 1.29 is 9.18 Å². The average molecular weight is 406 g/mol. The lowest BCUT2D eigenvalue weighted by molar-refractivity contribution is 0.0939. The predicted molar refractivity (Wildman–Crippen MR) is 109 cm³/mol. The van der Waals surface area contributed by atoms with E-state index in [0.717, 1.165) is 31.5 Å². The van der Waals surface area contributed by atoms with Gasteiger partial charge in [-0.3, -0.25) is 4.79 Å². The Kier molecular flexibility index (Phi) is 6.67. The number of halogens is 2. The lowest BCUT2D eigenvalue weighted by atomic mass is 9.86. The second-order valence-electron chi connectivity index (χ2n) is 7.31. The average Bonchev–Trinajstić information content (AvgIpc) is 2.69. The van der Waals surface area contributed by atoms with E-state index in [1.807, 2.05) is 25.1 Å². The Morgan fingerprint density at radius 2 is 2.00 bits per heavy atom. The van der Waals surface area contributed by atoms with Gasteiger partial charge in [-0.1, -0.05) is 17.7 Å². The second kappa shape index (κ2) is 9.19. The van der Waals surface area contributed by atoms with Crippen molar-refractivity contribution in [2.75, 3.05) is 30.9 Å². The molecule has 1 saturated carbocycles. The number of nitrogens with one attached hydrogen (secondary N) is 2. The Morgan fingerprint density at radius 3 is 2.71 bits per heavy atom. The highest BCUT2D eigenvalue weighted by molar-refractivity contribution is 6.31. The number of benzene rings is 1. The van der Waals surface area contributed by atoms with Gasteiger partial charge in [-0.15, -0.1) is 0 Å². The number of anilines is 2. The van der Waals surface area contributed by atoms with Crippen LogP contribution in [0.25, 0.3) is 0 Å². The Labute approximate surface area is 169 Å². The molecule has 150 valence electrons. The van der Waals surface area contributed by atoms with E-state index < -0.39 is 11.7 Å². The summed E-state index contributed by atoms with van der Waals surface area (Å²) in [6, 6.07) is 6.63. The molecule has 0 spiro atoms. The number of hydrogen-bond acceptors (Lipinski definition) is 5. The van der Waals surface area contributed by atoms with Crippen molar-refractivity contribution in [3.63, 3.8) is 0 Å². The van der Waals surface area contributed by atoms with Gasteiger partial charge in [0.15, 0.2) is 5.82 Å². The van der Waals surface area contributed by atoms with Crippen molar-refractivity contribution in [1.29, 1.82) is 0 Å². The highest BCUT2D eigenvalue weighted by Crippen LogP contribution is 2.26. The summed E-state index contributed by atoms with van der Waals surface area (Å²) >= 11 is 5.74. The summed E-state index contributed by atoms with van der Waals surface area (Å²) in [4.78, 5) is 22.9. The fourth-order valence-electron chi connectivity index (χ4n) is 3.37. The van der Waals surface area contributed by atoms with Gasteiger partial charge in [0.1, 0.15) is 5.82 Å². The molecule has 0 aliphatic heterocycles. The fourth-order valence-corrected chi connectivity index (χ4v) is 3.55. The highest BCUT2D eigenvalue weighted by Gasteiger charge is 2.23. The van der Waals surface area contributed by atoms with E-state index >= 15 is 0 Å². The summed E-state index contributed by atoms with van der Waals surface area (Å²) in [5.41, 5.74) is -0.0132. The molecule has 0 radical (unpaired) electrons. The molecule has 1 aliphatic carbocycles. The largest absolute Gasteiger partial charge is 0.363 e. The van der Waals surface area contributed by atoms with Gasteiger partial charge in [0.2, 0.25) is 5.95 Å². The molecule has 1 fully saturated rings. The SMILES string of the molecule is CN(C)c1ccnc(NC2CCC(CNC(=O)c3cccc(Cl)c3F)CC2)n1. The quantitative estimate of drug-likeness (QED) is 0.766. The first-order chi connectivity index (χ1) is 13.4. The van der Waals surface area contributed by atoms with Gasteiger partial charge in [-0.05, 0) is 49.8 Å². The Bertz CT molecular complexity index is 824. The maximum absolute atomic E-state index is 13.9. The van der Waals surface area contributed by atoms with Gasteiger partial charge in [-0.25, -0.2) is 9.37 Å². The van der Waals surface area contributed by atoms with Crippen LogP contribution in [-0.4, -0.2) is 42.6 Å². The summed E-state index contributed by atoms with van der Waals surface area (Å²) in [6.45, 7) is 0.532. The molecule has 2 aromatic rings. The Balaban J connectivity index is 1.46. The first-order valence-electron chi connectivity index (χ1n) is 9.43. The molecule has 28 heavy (non-hydrogen) atoms. The summed E-state index contributed by atoms with van der Waals surface area (Å²) in [5.74, 6) is 0.781. The van der Waals surface area contributed by atoms with E-state index in [9.17, 15) is 9.18 Å². The number of nitrogens with zero attached hydrogens (tertiary/aromatic N) is 3. The first kappa shape index (κ1) is 20.3. The van der Waals surface area contributed by atoms with Crippen molar-refractivity contribution in [3.8, 4) is 0 Å². The van der Waals surface area contributed by atoms with Gasteiger partial charge in [0.05, 0.1) is 10.6 Å². The second-order valence-corrected chi connectivity index (χ2v) is 7.71. The van der Waals surface area contributed by atoms with Crippen molar-refractivity contribution in [3.05, 3.63) is 46.9 Å². The molecular formula is C20H25ClFN5O. The molecule has 0 atom stereocenters. The maximum atomic E-state index is 13.9. The molecular weight excluding hydrogens is 381 g/mol. The minimum Gasteiger partial charge on any atom is -0.363 e. The molecule has 1 aromatic heterocycles. The third-order valence-corrected chi connectivity index (χ3v) is 5.32. The van der Waals surface area contributed by atoms with E-state index in [4.69, 9.17) is 11.6 Å². The molecule has 3 rings (SSSR count). The van der Waals surface area contributed by atoms with Gasteiger partial charge in [-0.2, -0.15) is 4.98 Å². The van der Waals surface area contributed by atoms with Crippen LogP contribution in [0.15, 0.2) is 30.5 Å². The molecule has 0 saturated heterocycles. The minimum atomic E-state index is -0.672.